The van der Waals surface area contributed by atoms with Crippen molar-refractivity contribution >= 4 is 64.5 Å². The van der Waals surface area contributed by atoms with Crippen LogP contribution in [-0.4, -0.2) is 54.3 Å². The first-order valence-electron chi connectivity index (χ1n) is 9.90. The maximum absolute atomic E-state index is 13.1. The van der Waals surface area contributed by atoms with Crippen LogP contribution in [0.1, 0.15) is 23.8 Å². The number of nitrogens with zero attached hydrogens (tertiary/aromatic N) is 2. The first kappa shape index (κ1) is 23.7. The Labute approximate surface area is 206 Å². The molecule has 0 spiro atoms. The molecule has 3 aromatic rings. The van der Waals surface area contributed by atoms with E-state index < -0.39 is 10.0 Å². The monoisotopic (exact) mass is 599 g/mol. The molecule has 2 heterocycles. The molecule has 0 saturated carbocycles. The number of carbonyl (C=O) groups excluding carboxylic acids is 1. The van der Waals surface area contributed by atoms with Crippen molar-refractivity contribution in [1.29, 1.82) is 0 Å². The fourth-order valence-corrected chi connectivity index (χ4v) is 6.32. The van der Waals surface area contributed by atoms with Gasteiger partial charge >= 0.3 is 0 Å². The SMILES string of the molecule is CCc1oc2cc(S(=O)(=O)N3CCNC(=O)C3)ccc2c1C(=NO)c1cc(Br)c(O)c(Br)c1. The van der Waals surface area contributed by atoms with Gasteiger partial charge in [-0.05, 0) is 56.1 Å². The van der Waals surface area contributed by atoms with E-state index in [2.05, 4.69) is 42.3 Å². The van der Waals surface area contributed by atoms with Crippen LogP contribution >= 0.6 is 31.9 Å². The zero-order chi connectivity index (χ0) is 23.9. The van der Waals surface area contributed by atoms with Gasteiger partial charge < -0.3 is 20.0 Å². The number of sulfonamides is 1. The zero-order valence-electron chi connectivity index (χ0n) is 17.3. The molecule has 1 aromatic heterocycles. The number of carbonyl (C=O) groups is 1. The van der Waals surface area contributed by atoms with E-state index >= 15 is 0 Å². The van der Waals surface area contributed by atoms with E-state index in [0.29, 0.717) is 43.2 Å². The molecule has 0 atom stereocenters. The highest BCUT2D eigenvalue weighted by molar-refractivity contribution is 9.11. The van der Waals surface area contributed by atoms with Crippen LogP contribution in [0.5, 0.6) is 5.75 Å². The van der Waals surface area contributed by atoms with Crippen molar-refractivity contribution in [2.75, 3.05) is 19.6 Å². The lowest BCUT2D eigenvalue weighted by Gasteiger charge is -2.25. The number of aryl methyl sites for hydroxylation is 1. The first-order chi connectivity index (χ1) is 15.7. The number of phenolic OH excluding ortho intramolecular Hbond substituents is 1. The summed E-state index contributed by atoms with van der Waals surface area (Å²) in [5, 5.41) is 26.6. The van der Waals surface area contributed by atoms with E-state index in [9.17, 15) is 23.5 Å². The number of aromatic hydroxyl groups is 1. The molecule has 174 valence electrons. The summed E-state index contributed by atoms with van der Waals surface area (Å²) < 4.78 is 34.0. The number of piperazine rings is 1. The molecule has 0 bridgehead atoms. The van der Waals surface area contributed by atoms with Gasteiger partial charge in [0.25, 0.3) is 0 Å². The predicted molar refractivity (Wildman–Crippen MR) is 128 cm³/mol. The smallest absolute Gasteiger partial charge is 0.243 e. The molecule has 1 aliphatic heterocycles. The maximum Gasteiger partial charge on any atom is 0.243 e. The molecule has 0 aliphatic carbocycles. The molecular weight excluding hydrogens is 582 g/mol. The van der Waals surface area contributed by atoms with Crippen molar-refractivity contribution in [2.24, 2.45) is 5.16 Å². The number of phenols is 1. The van der Waals surface area contributed by atoms with Gasteiger partial charge in [-0.1, -0.05) is 12.1 Å². The molecule has 0 radical (unpaired) electrons. The number of oxime groups is 1. The summed E-state index contributed by atoms with van der Waals surface area (Å²) >= 11 is 6.55. The van der Waals surface area contributed by atoms with Gasteiger partial charge in [0.2, 0.25) is 15.9 Å². The molecule has 12 heteroatoms. The molecule has 33 heavy (non-hydrogen) atoms. The maximum atomic E-state index is 13.1. The molecule has 9 nitrogen and oxygen atoms in total. The molecule has 2 aromatic carbocycles. The Morgan fingerprint density at radius 2 is 1.94 bits per heavy atom. The van der Waals surface area contributed by atoms with Crippen molar-refractivity contribution < 1.29 is 27.9 Å². The van der Waals surface area contributed by atoms with Gasteiger partial charge in [0.05, 0.1) is 25.9 Å². The Kier molecular flexibility index (Phi) is 6.54. The van der Waals surface area contributed by atoms with E-state index in [1.165, 1.54) is 12.1 Å². The van der Waals surface area contributed by atoms with Crippen LogP contribution in [0.3, 0.4) is 0 Å². The molecule has 1 amide bonds. The molecular formula is C21H19Br2N3O6S. The molecule has 1 fully saturated rings. The number of fused-ring (bicyclic) bond motifs is 1. The number of halogens is 2. The molecule has 1 aliphatic rings. The predicted octanol–water partition coefficient (Wildman–Crippen LogP) is 3.57. The van der Waals surface area contributed by atoms with Gasteiger partial charge in [-0.2, -0.15) is 4.31 Å². The van der Waals surface area contributed by atoms with Crippen molar-refractivity contribution in [3.05, 3.63) is 56.2 Å². The van der Waals surface area contributed by atoms with Crippen molar-refractivity contribution in [2.45, 2.75) is 18.2 Å². The van der Waals surface area contributed by atoms with Crippen molar-refractivity contribution in [3.63, 3.8) is 0 Å². The van der Waals surface area contributed by atoms with Crippen LogP contribution in [0.2, 0.25) is 0 Å². The Hall–Kier alpha value is -2.41. The van der Waals surface area contributed by atoms with Gasteiger partial charge in [0.15, 0.2) is 0 Å². The third-order valence-electron chi connectivity index (χ3n) is 5.32. The lowest BCUT2D eigenvalue weighted by Crippen LogP contribution is -2.49. The van der Waals surface area contributed by atoms with Crippen LogP contribution in [-0.2, 0) is 21.2 Å². The number of rotatable bonds is 5. The van der Waals surface area contributed by atoms with Gasteiger partial charge in [0.1, 0.15) is 22.8 Å². The highest BCUT2D eigenvalue weighted by Crippen LogP contribution is 2.36. The fourth-order valence-electron chi connectivity index (χ4n) is 3.72. The molecule has 4 rings (SSSR count). The second-order valence-electron chi connectivity index (χ2n) is 7.34. The largest absolute Gasteiger partial charge is 0.506 e. The third-order valence-corrected chi connectivity index (χ3v) is 8.37. The number of nitrogens with one attached hydrogen (secondary N) is 1. The lowest BCUT2D eigenvalue weighted by atomic mass is 9.98. The lowest BCUT2D eigenvalue weighted by molar-refractivity contribution is -0.122. The summed E-state index contributed by atoms with van der Waals surface area (Å²) in [6.45, 7) is 2.06. The van der Waals surface area contributed by atoms with Crippen molar-refractivity contribution in [3.8, 4) is 5.75 Å². The number of benzene rings is 2. The number of amides is 1. The van der Waals surface area contributed by atoms with Gasteiger partial charge in [0, 0.05) is 36.5 Å². The van der Waals surface area contributed by atoms with Crippen LogP contribution in [0, 0.1) is 0 Å². The van der Waals surface area contributed by atoms with Crippen LogP contribution in [0.15, 0.2) is 53.7 Å². The number of hydrogen-bond donors (Lipinski definition) is 3. The second-order valence-corrected chi connectivity index (χ2v) is 11.0. The number of hydrogen-bond acceptors (Lipinski definition) is 7. The summed E-state index contributed by atoms with van der Waals surface area (Å²) in [6.07, 6.45) is 0.456. The average molecular weight is 601 g/mol. The highest BCUT2D eigenvalue weighted by atomic mass is 79.9. The Morgan fingerprint density at radius 3 is 2.55 bits per heavy atom. The van der Waals surface area contributed by atoms with Crippen LogP contribution in [0.25, 0.3) is 11.0 Å². The van der Waals surface area contributed by atoms with Crippen LogP contribution in [0.4, 0.5) is 0 Å². The Bertz CT molecular complexity index is 1380. The topological polar surface area (TPSA) is 132 Å². The minimum Gasteiger partial charge on any atom is -0.506 e. The Balaban J connectivity index is 1.83. The second kappa shape index (κ2) is 9.09. The summed E-state index contributed by atoms with van der Waals surface area (Å²) in [7, 11) is -3.90. The van der Waals surface area contributed by atoms with Gasteiger partial charge in [-0.3, -0.25) is 4.79 Å². The minimum absolute atomic E-state index is 0.00468. The number of furan rings is 1. The summed E-state index contributed by atoms with van der Waals surface area (Å²) in [5.41, 5.74) is 1.53. The molecule has 3 N–H and O–H groups in total. The third kappa shape index (κ3) is 4.27. The van der Waals surface area contributed by atoms with E-state index in [4.69, 9.17) is 4.42 Å². The first-order valence-corrected chi connectivity index (χ1v) is 12.9. The molecule has 1 saturated heterocycles. The van der Waals surface area contributed by atoms with Crippen LogP contribution < -0.4 is 5.32 Å². The van der Waals surface area contributed by atoms with E-state index in [-0.39, 0.29) is 41.9 Å². The van der Waals surface area contributed by atoms with E-state index in [0.717, 1.165) is 4.31 Å². The van der Waals surface area contributed by atoms with E-state index in [1.807, 2.05) is 6.92 Å². The minimum atomic E-state index is -3.90. The Morgan fingerprint density at radius 1 is 1.24 bits per heavy atom. The zero-order valence-corrected chi connectivity index (χ0v) is 21.3. The van der Waals surface area contributed by atoms with Gasteiger partial charge in [-0.15, -0.1) is 0 Å². The quantitative estimate of drug-likeness (QED) is 0.233. The van der Waals surface area contributed by atoms with Crippen molar-refractivity contribution in [1.82, 2.24) is 9.62 Å². The average Bonchev–Trinajstić information content (AvgIpc) is 3.15. The summed E-state index contributed by atoms with van der Waals surface area (Å²) in [4.78, 5) is 11.7. The highest BCUT2D eigenvalue weighted by Gasteiger charge is 2.30. The van der Waals surface area contributed by atoms with E-state index in [1.54, 1.807) is 18.2 Å². The normalized spacial score (nSPS) is 15.7. The van der Waals surface area contributed by atoms with Gasteiger partial charge in [-0.25, -0.2) is 8.42 Å². The molecule has 0 unspecified atom stereocenters. The fraction of sp³-hybridized carbons (Fsp3) is 0.238. The standard InChI is InChI=1S/C21H19Br2N3O6S/c1-2-16-19(20(25-29)11-7-14(22)21(28)15(23)8-11)13-4-3-12(9-17(13)32-16)33(30,31)26-6-5-24-18(27)10-26/h3-4,7-9,28-29H,2,5-6,10H2,1H3,(H,24,27). The summed E-state index contributed by atoms with van der Waals surface area (Å²) in [6, 6.07) is 7.67. The summed E-state index contributed by atoms with van der Waals surface area (Å²) in [5.74, 6) is 0.157.